The fourth-order valence-electron chi connectivity index (χ4n) is 8.69. The van der Waals surface area contributed by atoms with Gasteiger partial charge in [-0.15, -0.1) is 0 Å². The SMILES string of the molecule is CC1(C)c2cc(C3=Nc4c(c5ccccc5c5ncccc45)C3)ccc2-c2ccc(C3=Nc4c(c5cccnc5c5ncccc45)C3)cc21. The van der Waals surface area contributed by atoms with Crippen LogP contribution in [0.25, 0.3) is 54.6 Å². The standard InChI is InChI=1S/C44H29N5/c1-44(2)35-20-24(37-22-33-26-8-3-4-9-29(26)39-31(40(33)48-37)11-6-17-45-39)13-15-27(35)28-16-14-25(21-36(28)44)38-23-34-30-10-5-18-46-42(30)43-32(41(34)49-38)12-7-19-47-43/h3-21H,22-23H2,1-2H3. The van der Waals surface area contributed by atoms with Crippen molar-refractivity contribution in [3.05, 3.63) is 149 Å². The van der Waals surface area contributed by atoms with Crippen molar-refractivity contribution in [3.63, 3.8) is 0 Å². The summed E-state index contributed by atoms with van der Waals surface area (Å²) in [6, 6.07) is 35.0. The number of nitrogens with zero attached hydrogens (tertiary/aromatic N) is 5. The predicted octanol–water partition coefficient (Wildman–Crippen LogP) is 10.1. The molecule has 11 rings (SSSR count). The molecule has 1 aliphatic carbocycles. The second kappa shape index (κ2) is 9.51. The molecule has 5 aromatic carbocycles. The van der Waals surface area contributed by atoms with Crippen molar-refractivity contribution >= 4 is 66.3 Å². The molecular weight excluding hydrogens is 599 g/mol. The molecule has 0 N–H and O–H groups in total. The fourth-order valence-corrected chi connectivity index (χ4v) is 8.69. The summed E-state index contributed by atoms with van der Waals surface area (Å²) in [6.45, 7) is 4.71. The van der Waals surface area contributed by atoms with E-state index in [-0.39, 0.29) is 5.41 Å². The minimum atomic E-state index is -0.175. The Balaban J connectivity index is 0.988. The summed E-state index contributed by atoms with van der Waals surface area (Å²) < 4.78 is 0. The Morgan fingerprint density at radius 3 is 1.55 bits per heavy atom. The zero-order valence-corrected chi connectivity index (χ0v) is 27.1. The van der Waals surface area contributed by atoms with E-state index < -0.39 is 0 Å². The molecule has 5 heterocycles. The highest BCUT2D eigenvalue weighted by atomic mass is 14.8. The Kier molecular flexibility index (Phi) is 5.23. The maximum Gasteiger partial charge on any atom is 0.0986 e. The zero-order chi connectivity index (χ0) is 32.4. The number of pyridine rings is 3. The quantitative estimate of drug-likeness (QED) is 0.179. The third-order valence-electron chi connectivity index (χ3n) is 11.1. The van der Waals surface area contributed by atoms with Crippen molar-refractivity contribution in [1.29, 1.82) is 0 Å². The molecule has 49 heavy (non-hydrogen) atoms. The molecule has 0 spiro atoms. The van der Waals surface area contributed by atoms with Crippen LogP contribution in [0.1, 0.15) is 47.2 Å². The maximum atomic E-state index is 5.30. The zero-order valence-electron chi connectivity index (χ0n) is 27.1. The van der Waals surface area contributed by atoms with Gasteiger partial charge < -0.3 is 0 Å². The Morgan fingerprint density at radius 2 is 0.939 bits per heavy atom. The Bertz CT molecular complexity index is 2670. The highest BCUT2D eigenvalue weighted by Gasteiger charge is 2.37. The van der Waals surface area contributed by atoms with Gasteiger partial charge in [0.2, 0.25) is 0 Å². The van der Waals surface area contributed by atoms with Gasteiger partial charge in [-0.3, -0.25) is 24.9 Å². The molecule has 0 amide bonds. The molecule has 230 valence electrons. The monoisotopic (exact) mass is 627 g/mol. The smallest absolute Gasteiger partial charge is 0.0986 e. The minimum Gasteiger partial charge on any atom is -0.256 e. The van der Waals surface area contributed by atoms with Crippen LogP contribution in [0.3, 0.4) is 0 Å². The molecule has 3 aromatic heterocycles. The third-order valence-corrected chi connectivity index (χ3v) is 11.1. The van der Waals surface area contributed by atoms with Crippen molar-refractivity contribution in [1.82, 2.24) is 15.0 Å². The van der Waals surface area contributed by atoms with E-state index in [0.717, 1.165) is 68.3 Å². The van der Waals surface area contributed by atoms with Crippen molar-refractivity contribution < 1.29 is 0 Å². The second-order valence-electron chi connectivity index (χ2n) is 14.0. The summed E-state index contributed by atoms with van der Waals surface area (Å²) in [6.07, 6.45) is 7.16. The minimum absolute atomic E-state index is 0.175. The lowest BCUT2D eigenvalue weighted by atomic mass is 9.81. The number of aromatic nitrogens is 3. The van der Waals surface area contributed by atoms with Crippen LogP contribution in [0.2, 0.25) is 0 Å². The summed E-state index contributed by atoms with van der Waals surface area (Å²) in [4.78, 5) is 24.8. The van der Waals surface area contributed by atoms with Crippen LogP contribution in [-0.4, -0.2) is 26.4 Å². The molecule has 0 atom stereocenters. The molecule has 5 heteroatoms. The lowest BCUT2D eigenvalue weighted by Crippen LogP contribution is -2.16. The van der Waals surface area contributed by atoms with Crippen LogP contribution < -0.4 is 0 Å². The van der Waals surface area contributed by atoms with E-state index in [2.05, 4.69) is 92.7 Å². The topological polar surface area (TPSA) is 63.4 Å². The summed E-state index contributed by atoms with van der Waals surface area (Å²) in [5.41, 5.74) is 17.2. The molecule has 0 fully saturated rings. The van der Waals surface area contributed by atoms with E-state index in [1.54, 1.807) is 0 Å². The van der Waals surface area contributed by atoms with Gasteiger partial charge in [-0.1, -0.05) is 68.4 Å². The van der Waals surface area contributed by atoms with E-state index in [4.69, 9.17) is 24.9 Å². The van der Waals surface area contributed by atoms with Crippen molar-refractivity contribution in [3.8, 4) is 11.1 Å². The first-order valence-electron chi connectivity index (χ1n) is 16.9. The van der Waals surface area contributed by atoms with Crippen molar-refractivity contribution in [2.75, 3.05) is 0 Å². The lowest BCUT2D eigenvalue weighted by molar-refractivity contribution is 0.660. The van der Waals surface area contributed by atoms with Crippen LogP contribution in [0.15, 0.2) is 126 Å². The van der Waals surface area contributed by atoms with Gasteiger partial charge in [0.25, 0.3) is 0 Å². The van der Waals surface area contributed by atoms with Gasteiger partial charge in [-0.05, 0) is 92.4 Å². The Labute approximate surface area is 282 Å². The van der Waals surface area contributed by atoms with Gasteiger partial charge in [-0.25, -0.2) is 0 Å². The highest BCUT2D eigenvalue weighted by molar-refractivity contribution is 6.20. The van der Waals surface area contributed by atoms with Gasteiger partial charge in [-0.2, -0.15) is 0 Å². The van der Waals surface area contributed by atoms with Gasteiger partial charge in [0.05, 0.1) is 39.3 Å². The second-order valence-corrected chi connectivity index (χ2v) is 14.0. The van der Waals surface area contributed by atoms with Crippen LogP contribution in [0, 0.1) is 0 Å². The molecule has 0 bridgehead atoms. The number of benzene rings is 5. The first-order valence-corrected chi connectivity index (χ1v) is 16.9. The van der Waals surface area contributed by atoms with Gasteiger partial charge >= 0.3 is 0 Å². The van der Waals surface area contributed by atoms with Gasteiger partial charge in [0.1, 0.15) is 0 Å². The van der Waals surface area contributed by atoms with Gasteiger partial charge in [0.15, 0.2) is 0 Å². The van der Waals surface area contributed by atoms with E-state index in [9.17, 15) is 0 Å². The number of rotatable bonds is 2. The molecule has 0 saturated carbocycles. The number of hydrogen-bond acceptors (Lipinski definition) is 5. The number of hydrogen-bond donors (Lipinski definition) is 0. The maximum absolute atomic E-state index is 5.30. The molecule has 3 aliphatic rings. The van der Waals surface area contributed by atoms with Crippen LogP contribution in [0.4, 0.5) is 11.4 Å². The molecule has 8 aromatic rings. The average Bonchev–Trinajstić information content (AvgIpc) is 3.86. The Morgan fingerprint density at radius 1 is 0.469 bits per heavy atom. The molecular formula is C44H29N5. The van der Waals surface area contributed by atoms with Gasteiger partial charge in [0, 0.05) is 58.4 Å². The van der Waals surface area contributed by atoms with Crippen LogP contribution in [-0.2, 0) is 18.3 Å². The van der Waals surface area contributed by atoms with Crippen LogP contribution >= 0.6 is 0 Å². The molecule has 0 radical (unpaired) electrons. The fraction of sp³-hybridized carbons (Fsp3) is 0.114. The third kappa shape index (κ3) is 3.62. The highest BCUT2D eigenvalue weighted by Crippen LogP contribution is 2.50. The molecule has 5 nitrogen and oxygen atoms in total. The summed E-state index contributed by atoms with van der Waals surface area (Å²) >= 11 is 0. The summed E-state index contributed by atoms with van der Waals surface area (Å²) in [5, 5.41) is 5.76. The Hall–Kier alpha value is -6.07. The van der Waals surface area contributed by atoms with Crippen molar-refractivity contribution in [2.45, 2.75) is 32.1 Å². The average molecular weight is 628 g/mol. The molecule has 0 saturated heterocycles. The van der Waals surface area contributed by atoms with Crippen molar-refractivity contribution in [2.24, 2.45) is 9.98 Å². The van der Waals surface area contributed by atoms with E-state index in [1.807, 2.05) is 36.8 Å². The molecule has 2 aliphatic heterocycles. The van der Waals surface area contributed by atoms with E-state index in [0.29, 0.717) is 0 Å². The normalized spacial score (nSPS) is 15.4. The number of aliphatic imine (C=N–C) groups is 2. The molecule has 0 unspecified atom stereocenters. The van der Waals surface area contributed by atoms with Crippen LogP contribution in [0.5, 0.6) is 0 Å². The summed E-state index contributed by atoms with van der Waals surface area (Å²) in [7, 11) is 0. The first-order chi connectivity index (χ1) is 24.0. The number of fused-ring (bicyclic) bond motifs is 15. The predicted molar refractivity (Wildman–Crippen MR) is 200 cm³/mol. The first kappa shape index (κ1) is 26.9. The van der Waals surface area contributed by atoms with E-state index in [1.165, 1.54) is 55.3 Å². The van der Waals surface area contributed by atoms with E-state index >= 15 is 0 Å². The lowest BCUT2D eigenvalue weighted by Gasteiger charge is -2.22. The summed E-state index contributed by atoms with van der Waals surface area (Å²) in [5.74, 6) is 0. The largest absolute Gasteiger partial charge is 0.256 e.